The molecular weight excluding hydrogens is 380 g/mol. The average Bonchev–Trinajstić information content (AvgIpc) is 3.09. The van der Waals surface area contributed by atoms with Crippen LogP contribution in [0.1, 0.15) is 15.9 Å². The summed E-state index contributed by atoms with van der Waals surface area (Å²) >= 11 is 0. The lowest BCUT2D eigenvalue weighted by atomic mass is 9.99. The van der Waals surface area contributed by atoms with Crippen molar-refractivity contribution in [3.8, 4) is 22.6 Å². The predicted molar refractivity (Wildman–Crippen MR) is 115 cm³/mol. The van der Waals surface area contributed by atoms with Crippen LogP contribution < -0.4 is 15.4 Å². The molecule has 3 aromatic carbocycles. The fourth-order valence-corrected chi connectivity index (χ4v) is 3.65. The number of benzene rings is 3. The van der Waals surface area contributed by atoms with Gasteiger partial charge in [0.2, 0.25) is 0 Å². The highest BCUT2D eigenvalue weighted by Crippen LogP contribution is 2.36. The van der Waals surface area contributed by atoms with Gasteiger partial charge in [-0.2, -0.15) is 5.10 Å². The van der Waals surface area contributed by atoms with Gasteiger partial charge in [-0.15, -0.1) is 0 Å². The topological polar surface area (TPSA) is 99.3 Å². The average molecular weight is 400 g/mol. The van der Waals surface area contributed by atoms with E-state index in [4.69, 9.17) is 4.74 Å². The number of nitrogens with zero attached hydrogens (tertiary/aromatic N) is 1. The van der Waals surface area contributed by atoms with Crippen molar-refractivity contribution in [3.63, 3.8) is 0 Å². The third kappa shape index (κ3) is 3.46. The van der Waals surface area contributed by atoms with Crippen LogP contribution >= 0.6 is 0 Å². The van der Waals surface area contributed by atoms with Crippen LogP contribution in [0.5, 0.6) is 11.5 Å². The van der Waals surface area contributed by atoms with E-state index in [1.54, 1.807) is 18.3 Å². The molecule has 7 heteroatoms. The van der Waals surface area contributed by atoms with Gasteiger partial charge in [0.05, 0.1) is 11.7 Å². The molecule has 0 radical (unpaired) electrons. The van der Waals surface area contributed by atoms with Crippen LogP contribution in [-0.2, 0) is 6.54 Å². The van der Waals surface area contributed by atoms with Gasteiger partial charge in [-0.1, -0.05) is 12.1 Å². The van der Waals surface area contributed by atoms with Crippen LogP contribution in [0.3, 0.4) is 0 Å². The minimum atomic E-state index is -0.205. The number of nitrogens with one attached hydrogen (secondary N) is 3. The fourth-order valence-electron chi connectivity index (χ4n) is 3.65. The van der Waals surface area contributed by atoms with Crippen molar-refractivity contribution in [2.75, 3.05) is 18.5 Å². The quantitative estimate of drug-likeness (QED) is 0.421. The van der Waals surface area contributed by atoms with Crippen molar-refractivity contribution in [2.24, 2.45) is 0 Å². The van der Waals surface area contributed by atoms with E-state index in [0.29, 0.717) is 30.2 Å². The number of carbonyl (C=O) groups excluding carboxylic acids is 1. The molecule has 30 heavy (non-hydrogen) atoms. The zero-order valence-corrected chi connectivity index (χ0v) is 16.1. The first-order chi connectivity index (χ1) is 14.7. The number of carbonyl (C=O) groups is 1. The normalized spacial score (nSPS) is 13.3. The number of amides is 1. The Morgan fingerprint density at radius 3 is 2.97 bits per heavy atom. The summed E-state index contributed by atoms with van der Waals surface area (Å²) in [4.78, 5) is 12.8. The van der Waals surface area contributed by atoms with E-state index in [2.05, 4.69) is 20.8 Å². The van der Waals surface area contributed by atoms with Gasteiger partial charge in [0.1, 0.15) is 6.61 Å². The number of H-pyrrole nitrogens is 1. The van der Waals surface area contributed by atoms with E-state index < -0.39 is 0 Å². The Balaban J connectivity index is 1.43. The summed E-state index contributed by atoms with van der Waals surface area (Å²) in [6.07, 6.45) is 1.72. The number of aromatic hydroxyl groups is 1. The first kappa shape index (κ1) is 18.2. The standard InChI is InChI=1S/C23H20N4O3/c28-21-11-16(9-18-12-24-6-7-30-22(18)21)14-2-1-3-15(8-14)23(29)26-19-4-5-20-17(10-19)13-25-27-20/h1-5,8-11,13,24,28H,6-7,12H2,(H,25,27)(H,26,29). The van der Waals surface area contributed by atoms with Crippen molar-refractivity contribution >= 4 is 22.5 Å². The van der Waals surface area contributed by atoms with Gasteiger partial charge >= 0.3 is 0 Å². The van der Waals surface area contributed by atoms with E-state index in [1.165, 1.54) is 0 Å². The summed E-state index contributed by atoms with van der Waals surface area (Å²) in [5.74, 6) is 0.422. The van der Waals surface area contributed by atoms with Gasteiger partial charge in [0.15, 0.2) is 11.5 Å². The Kier molecular flexibility index (Phi) is 4.57. The maximum atomic E-state index is 12.8. The molecule has 4 aromatic rings. The monoisotopic (exact) mass is 400 g/mol. The summed E-state index contributed by atoms with van der Waals surface area (Å²) < 4.78 is 5.64. The van der Waals surface area contributed by atoms with Crippen LogP contribution in [-0.4, -0.2) is 34.4 Å². The Morgan fingerprint density at radius 2 is 2.03 bits per heavy atom. The molecule has 150 valence electrons. The number of aromatic nitrogens is 2. The molecule has 4 N–H and O–H groups in total. The second-order valence-corrected chi connectivity index (χ2v) is 7.22. The zero-order valence-electron chi connectivity index (χ0n) is 16.1. The van der Waals surface area contributed by atoms with Crippen molar-refractivity contribution in [1.29, 1.82) is 0 Å². The first-order valence-electron chi connectivity index (χ1n) is 9.72. The lowest BCUT2D eigenvalue weighted by molar-refractivity contribution is 0.102. The minimum absolute atomic E-state index is 0.106. The van der Waals surface area contributed by atoms with Gasteiger partial charge < -0.3 is 20.5 Å². The summed E-state index contributed by atoms with van der Waals surface area (Å²) in [6.45, 7) is 1.86. The molecule has 1 aromatic heterocycles. The Bertz CT molecular complexity index is 1250. The molecule has 0 fully saturated rings. The number of fused-ring (bicyclic) bond motifs is 2. The molecule has 0 bridgehead atoms. The molecule has 1 aliphatic rings. The van der Waals surface area contributed by atoms with Crippen LogP contribution in [0.15, 0.2) is 60.8 Å². The number of aromatic amines is 1. The predicted octanol–water partition coefficient (Wildman–Crippen LogP) is 3.67. The second kappa shape index (κ2) is 7.53. The van der Waals surface area contributed by atoms with Crippen molar-refractivity contribution < 1.29 is 14.6 Å². The molecule has 0 atom stereocenters. The zero-order chi connectivity index (χ0) is 20.5. The molecule has 0 aliphatic carbocycles. The number of rotatable bonds is 3. The summed E-state index contributed by atoms with van der Waals surface area (Å²) in [5, 5.41) is 24.4. The number of phenolic OH excluding ortho intramolecular Hbond substituents is 1. The van der Waals surface area contributed by atoms with Crippen LogP contribution in [0.25, 0.3) is 22.0 Å². The molecule has 1 amide bonds. The highest BCUT2D eigenvalue weighted by molar-refractivity contribution is 6.05. The molecule has 5 rings (SSSR count). The van der Waals surface area contributed by atoms with Crippen molar-refractivity contribution in [1.82, 2.24) is 15.5 Å². The number of phenols is 1. The SMILES string of the molecule is O=C(Nc1ccc2[nH]ncc2c1)c1cccc(-c2cc(O)c3c(c2)CNCCO3)c1. The first-order valence-corrected chi connectivity index (χ1v) is 9.72. The van der Waals surface area contributed by atoms with Gasteiger partial charge in [-0.25, -0.2) is 0 Å². The van der Waals surface area contributed by atoms with E-state index >= 15 is 0 Å². The fraction of sp³-hybridized carbons (Fsp3) is 0.130. The van der Waals surface area contributed by atoms with Gasteiger partial charge in [-0.05, 0) is 53.6 Å². The van der Waals surface area contributed by atoms with E-state index in [0.717, 1.165) is 34.1 Å². The molecule has 1 aliphatic heterocycles. The lowest BCUT2D eigenvalue weighted by Crippen LogP contribution is -2.16. The summed E-state index contributed by atoms with van der Waals surface area (Å²) in [6, 6.07) is 16.6. The van der Waals surface area contributed by atoms with Gasteiger partial charge in [0, 0.05) is 35.3 Å². The van der Waals surface area contributed by atoms with Crippen molar-refractivity contribution in [2.45, 2.75) is 6.54 Å². The minimum Gasteiger partial charge on any atom is -0.504 e. The largest absolute Gasteiger partial charge is 0.504 e. The highest BCUT2D eigenvalue weighted by atomic mass is 16.5. The van der Waals surface area contributed by atoms with Gasteiger partial charge in [-0.3, -0.25) is 9.89 Å². The molecule has 0 saturated heterocycles. The molecular formula is C23H20N4O3. The van der Waals surface area contributed by atoms with E-state index in [1.807, 2.05) is 42.5 Å². The number of ether oxygens (including phenoxy) is 1. The summed E-state index contributed by atoms with van der Waals surface area (Å²) in [7, 11) is 0. The number of hydrogen-bond acceptors (Lipinski definition) is 5. The highest BCUT2D eigenvalue weighted by Gasteiger charge is 2.16. The third-order valence-electron chi connectivity index (χ3n) is 5.14. The lowest BCUT2D eigenvalue weighted by Gasteiger charge is -2.12. The number of anilines is 1. The molecule has 0 unspecified atom stereocenters. The maximum Gasteiger partial charge on any atom is 0.255 e. The van der Waals surface area contributed by atoms with Crippen LogP contribution in [0.4, 0.5) is 5.69 Å². The smallest absolute Gasteiger partial charge is 0.255 e. The van der Waals surface area contributed by atoms with Gasteiger partial charge in [0.25, 0.3) is 5.91 Å². The maximum absolute atomic E-state index is 12.8. The molecule has 0 spiro atoms. The van der Waals surface area contributed by atoms with Crippen LogP contribution in [0, 0.1) is 0 Å². The van der Waals surface area contributed by atoms with E-state index in [-0.39, 0.29) is 11.7 Å². The van der Waals surface area contributed by atoms with E-state index in [9.17, 15) is 9.90 Å². The Morgan fingerprint density at radius 1 is 1.10 bits per heavy atom. The molecule has 0 saturated carbocycles. The molecule has 2 heterocycles. The molecule has 7 nitrogen and oxygen atoms in total. The Hall–Kier alpha value is -3.84. The van der Waals surface area contributed by atoms with Crippen molar-refractivity contribution in [3.05, 3.63) is 71.9 Å². The van der Waals surface area contributed by atoms with Crippen LogP contribution in [0.2, 0.25) is 0 Å². The summed E-state index contributed by atoms with van der Waals surface area (Å²) in [5.41, 5.74) is 4.71. The Labute approximate surface area is 172 Å². The number of hydrogen-bond donors (Lipinski definition) is 4. The second-order valence-electron chi connectivity index (χ2n) is 7.22. The third-order valence-corrected chi connectivity index (χ3v) is 5.14.